The molecule has 0 aliphatic carbocycles. The molecule has 1 rings (SSSR count). The molecule has 96 valence electrons. The second-order valence-electron chi connectivity index (χ2n) is 3.43. The van der Waals surface area contributed by atoms with Crippen LogP contribution in [0.15, 0.2) is 23.1 Å². The molecule has 7 heteroatoms. The molecule has 1 aromatic carbocycles. The van der Waals surface area contributed by atoms with Gasteiger partial charge in [-0.3, -0.25) is 0 Å². The van der Waals surface area contributed by atoms with Crippen molar-refractivity contribution in [1.29, 1.82) is 0 Å². The second-order valence-corrected chi connectivity index (χ2v) is 5.60. The second kappa shape index (κ2) is 6.20. The average Bonchev–Trinajstić information content (AvgIpc) is 2.24. The van der Waals surface area contributed by atoms with Crippen molar-refractivity contribution >= 4 is 27.3 Å². The lowest BCUT2D eigenvalue weighted by Gasteiger charge is -2.09. The molecule has 5 nitrogen and oxygen atoms in total. The van der Waals surface area contributed by atoms with Gasteiger partial charge in [0, 0.05) is 25.3 Å². The average molecular weight is 279 g/mol. The minimum absolute atomic E-state index is 0.0410. The van der Waals surface area contributed by atoms with Gasteiger partial charge in [0.15, 0.2) is 0 Å². The van der Waals surface area contributed by atoms with Crippen LogP contribution in [0.2, 0.25) is 5.02 Å². The van der Waals surface area contributed by atoms with E-state index in [4.69, 9.17) is 22.1 Å². The Morgan fingerprint density at radius 2 is 2.18 bits per heavy atom. The Balaban J connectivity index is 2.76. The third-order valence-electron chi connectivity index (χ3n) is 2.08. The van der Waals surface area contributed by atoms with Crippen LogP contribution < -0.4 is 10.5 Å². The van der Waals surface area contributed by atoms with Crippen LogP contribution >= 0.6 is 11.6 Å². The van der Waals surface area contributed by atoms with Gasteiger partial charge in [0.25, 0.3) is 0 Å². The van der Waals surface area contributed by atoms with E-state index in [0.29, 0.717) is 24.6 Å². The molecule has 0 aliphatic rings. The topological polar surface area (TPSA) is 81.4 Å². The smallest absolute Gasteiger partial charge is 0.242 e. The number of methoxy groups -OCH3 is 1. The van der Waals surface area contributed by atoms with E-state index in [1.807, 2.05) is 0 Å². The van der Waals surface area contributed by atoms with Gasteiger partial charge in [-0.05, 0) is 24.6 Å². The van der Waals surface area contributed by atoms with Crippen LogP contribution in [-0.2, 0) is 14.8 Å². The number of ether oxygens (including phenoxy) is 1. The van der Waals surface area contributed by atoms with Crippen LogP contribution in [0.3, 0.4) is 0 Å². The number of benzene rings is 1. The van der Waals surface area contributed by atoms with E-state index in [9.17, 15) is 8.42 Å². The molecule has 0 amide bonds. The molecule has 0 radical (unpaired) electrons. The summed E-state index contributed by atoms with van der Waals surface area (Å²) in [6.07, 6.45) is 0.600. The predicted octanol–water partition coefficient (Wildman–Crippen LogP) is 1.24. The number of hydrogen-bond donors (Lipinski definition) is 2. The lowest BCUT2D eigenvalue weighted by atomic mass is 10.3. The van der Waals surface area contributed by atoms with Crippen molar-refractivity contribution < 1.29 is 13.2 Å². The number of nitrogen functional groups attached to an aromatic ring is 1. The SMILES string of the molecule is COCCCNS(=O)(=O)c1ccc(Cl)cc1N. The van der Waals surface area contributed by atoms with Crippen molar-refractivity contribution in [3.63, 3.8) is 0 Å². The number of sulfonamides is 1. The third-order valence-corrected chi connectivity index (χ3v) is 3.85. The minimum Gasteiger partial charge on any atom is -0.398 e. The molecule has 0 saturated carbocycles. The van der Waals surface area contributed by atoms with Gasteiger partial charge >= 0.3 is 0 Å². The Kier molecular flexibility index (Phi) is 5.20. The summed E-state index contributed by atoms with van der Waals surface area (Å²) < 4.78 is 31.0. The summed E-state index contributed by atoms with van der Waals surface area (Å²) in [4.78, 5) is 0.0410. The highest BCUT2D eigenvalue weighted by Crippen LogP contribution is 2.21. The zero-order valence-corrected chi connectivity index (χ0v) is 11.0. The standard InChI is InChI=1S/C10H15ClN2O3S/c1-16-6-2-5-13-17(14,15)10-4-3-8(11)7-9(10)12/h3-4,7,13H,2,5-6,12H2,1H3. The van der Waals surface area contributed by atoms with Crippen molar-refractivity contribution in [3.8, 4) is 0 Å². The van der Waals surface area contributed by atoms with Gasteiger partial charge in [0.2, 0.25) is 10.0 Å². The highest BCUT2D eigenvalue weighted by molar-refractivity contribution is 7.89. The van der Waals surface area contributed by atoms with E-state index in [0.717, 1.165) is 0 Å². The molecule has 0 heterocycles. The van der Waals surface area contributed by atoms with Crippen LogP contribution in [0.1, 0.15) is 6.42 Å². The number of anilines is 1. The molecule has 17 heavy (non-hydrogen) atoms. The molecule has 1 aromatic rings. The molecule has 0 spiro atoms. The summed E-state index contributed by atoms with van der Waals surface area (Å²) in [5, 5.41) is 0.404. The first-order valence-electron chi connectivity index (χ1n) is 5.01. The number of nitrogens with one attached hydrogen (secondary N) is 1. The van der Waals surface area contributed by atoms with Gasteiger partial charge in [-0.15, -0.1) is 0 Å². The number of halogens is 1. The maximum absolute atomic E-state index is 11.9. The molecule has 0 atom stereocenters. The molecule has 0 unspecified atom stereocenters. The lowest BCUT2D eigenvalue weighted by Crippen LogP contribution is -2.26. The van der Waals surface area contributed by atoms with E-state index >= 15 is 0 Å². The molecule has 3 N–H and O–H groups in total. The number of hydrogen-bond acceptors (Lipinski definition) is 4. The molecule has 0 fully saturated rings. The van der Waals surface area contributed by atoms with Crippen molar-refractivity contribution in [1.82, 2.24) is 4.72 Å². The first-order chi connectivity index (χ1) is 7.97. The summed E-state index contributed by atoms with van der Waals surface area (Å²) in [6, 6.07) is 4.28. The van der Waals surface area contributed by atoms with Crippen LogP contribution in [0.25, 0.3) is 0 Å². The third kappa shape index (κ3) is 4.16. The van der Waals surface area contributed by atoms with Gasteiger partial charge in [-0.25, -0.2) is 13.1 Å². The van der Waals surface area contributed by atoms with Crippen LogP contribution in [-0.4, -0.2) is 28.7 Å². The largest absolute Gasteiger partial charge is 0.398 e. The van der Waals surface area contributed by atoms with Crippen molar-refractivity contribution in [3.05, 3.63) is 23.2 Å². The molecular weight excluding hydrogens is 264 g/mol. The van der Waals surface area contributed by atoms with Crippen LogP contribution in [0.4, 0.5) is 5.69 Å². The van der Waals surface area contributed by atoms with E-state index in [1.54, 1.807) is 7.11 Å². The van der Waals surface area contributed by atoms with Crippen molar-refractivity contribution in [2.24, 2.45) is 0 Å². The van der Waals surface area contributed by atoms with Crippen molar-refractivity contribution in [2.75, 3.05) is 26.0 Å². The van der Waals surface area contributed by atoms with Gasteiger partial charge in [-0.1, -0.05) is 11.6 Å². The Hall–Kier alpha value is -0.820. The quantitative estimate of drug-likeness (QED) is 0.606. The van der Waals surface area contributed by atoms with E-state index in [2.05, 4.69) is 4.72 Å². The summed E-state index contributed by atoms with van der Waals surface area (Å²) in [7, 11) is -2.02. The monoisotopic (exact) mass is 278 g/mol. The van der Waals surface area contributed by atoms with Crippen LogP contribution in [0, 0.1) is 0 Å². The molecule has 0 bridgehead atoms. The molecule has 0 aliphatic heterocycles. The van der Waals surface area contributed by atoms with Gasteiger partial charge in [0.1, 0.15) is 4.90 Å². The zero-order valence-electron chi connectivity index (χ0n) is 9.44. The van der Waals surface area contributed by atoms with E-state index in [1.165, 1.54) is 18.2 Å². The highest BCUT2D eigenvalue weighted by atomic mass is 35.5. The summed E-state index contributed by atoms with van der Waals surface area (Å²) in [6.45, 7) is 0.802. The Bertz CT molecular complexity index is 476. The predicted molar refractivity (Wildman–Crippen MR) is 67.5 cm³/mol. The van der Waals surface area contributed by atoms with Gasteiger partial charge < -0.3 is 10.5 Å². The first kappa shape index (κ1) is 14.2. The maximum Gasteiger partial charge on any atom is 0.242 e. The summed E-state index contributed by atoms with van der Waals surface area (Å²) in [5.41, 5.74) is 5.75. The Morgan fingerprint density at radius 1 is 1.47 bits per heavy atom. The van der Waals surface area contributed by atoms with E-state index < -0.39 is 10.0 Å². The fraction of sp³-hybridized carbons (Fsp3) is 0.400. The number of rotatable bonds is 6. The summed E-state index contributed by atoms with van der Waals surface area (Å²) in [5.74, 6) is 0. The highest BCUT2D eigenvalue weighted by Gasteiger charge is 2.16. The zero-order chi connectivity index (χ0) is 12.9. The Labute approximate surface area is 106 Å². The normalized spacial score (nSPS) is 11.6. The minimum atomic E-state index is -3.58. The first-order valence-corrected chi connectivity index (χ1v) is 6.87. The summed E-state index contributed by atoms with van der Waals surface area (Å²) >= 11 is 5.70. The lowest BCUT2D eigenvalue weighted by molar-refractivity contribution is 0.196. The van der Waals surface area contributed by atoms with Crippen LogP contribution in [0.5, 0.6) is 0 Å². The molecule has 0 saturated heterocycles. The van der Waals surface area contributed by atoms with E-state index in [-0.39, 0.29) is 10.6 Å². The Morgan fingerprint density at radius 3 is 2.76 bits per heavy atom. The fourth-order valence-electron chi connectivity index (χ4n) is 1.26. The number of nitrogens with two attached hydrogens (primary N) is 1. The molecule has 0 aromatic heterocycles. The molecular formula is C10H15ClN2O3S. The van der Waals surface area contributed by atoms with Gasteiger partial charge in [-0.2, -0.15) is 0 Å². The van der Waals surface area contributed by atoms with Crippen molar-refractivity contribution in [2.45, 2.75) is 11.3 Å². The fourth-order valence-corrected chi connectivity index (χ4v) is 2.63. The van der Waals surface area contributed by atoms with Gasteiger partial charge in [0.05, 0.1) is 5.69 Å². The maximum atomic E-state index is 11.9.